The molecular formula is C27H46O4. The van der Waals surface area contributed by atoms with Crippen LogP contribution in [0.3, 0.4) is 0 Å². The number of hydrogen-bond donors (Lipinski definition) is 1. The lowest BCUT2D eigenvalue weighted by Gasteiger charge is -2.17. The summed E-state index contributed by atoms with van der Waals surface area (Å²) >= 11 is 0. The number of esters is 1. The van der Waals surface area contributed by atoms with Crippen LogP contribution in [0, 0.1) is 0 Å². The van der Waals surface area contributed by atoms with E-state index in [9.17, 15) is 9.59 Å². The molecule has 1 unspecified atom stereocenters. The van der Waals surface area contributed by atoms with Gasteiger partial charge in [-0.15, -0.1) is 0 Å². The van der Waals surface area contributed by atoms with Crippen LogP contribution in [0.25, 0.3) is 0 Å². The zero-order chi connectivity index (χ0) is 23.0. The van der Waals surface area contributed by atoms with Gasteiger partial charge in [-0.3, -0.25) is 9.59 Å². The van der Waals surface area contributed by atoms with Crippen LogP contribution in [-0.2, 0) is 14.3 Å². The molecule has 4 nitrogen and oxygen atoms in total. The first-order valence-electron chi connectivity index (χ1n) is 12.5. The van der Waals surface area contributed by atoms with Crippen LogP contribution < -0.4 is 0 Å². The average molecular weight is 435 g/mol. The van der Waals surface area contributed by atoms with Gasteiger partial charge in [-0.05, 0) is 64.2 Å². The smallest absolute Gasteiger partial charge is 0.306 e. The predicted octanol–water partition coefficient (Wildman–Crippen LogP) is 7.93. The van der Waals surface area contributed by atoms with Crippen molar-refractivity contribution in [2.24, 2.45) is 0 Å². The van der Waals surface area contributed by atoms with E-state index >= 15 is 0 Å². The Bertz CT molecular complexity index is 519. The van der Waals surface area contributed by atoms with Gasteiger partial charge in [-0.1, -0.05) is 76.0 Å². The molecule has 0 aromatic heterocycles. The van der Waals surface area contributed by atoms with Crippen molar-refractivity contribution in [1.29, 1.82) is 0 Å². The minimum absolute atomic E-state index is 0.00858. The third kappa shape index (κ3) is 22.7. The number of carbonyl (C=O) groups is 2. The van der Waals surface area contributed by atoms with Gasteiger partial charge in [-0.2, -0.15) is 0 Å². The van der Waals surface area contributed by atoms with E-state index in [0.29, 0.717) is 12.8 Å². The molecule has 0 saturated heterocycles. The molecule has 0 amide bonds. The molecule has 0 aliphatic heterocycles. The molecule has 0 aromatic rings. The van der Waals surface area contributed by atoms with Crippen molar-refractivity contribution in [3.05, 3.63) is 36.5 Å². The number of hydrogen-bond acceptors (Lipinski definition) is 3. The maximum absolute atomic E-state index is 12.2. The first-order chi connectivity index (χ1) is 15.1. The normalized spacial score (nSPS) is 12.8. The molecule has 0 spiro atoms. The summed E-state index contributed by atoms with van der Waals surface area (Å²) in [4.78, 5) is 22.7. The van der Waals surface area contributed by atoms with Gasteiger partial charge in [0.15, 0.2) is 0 Å². The summed E-state index contributed by atoms with van der Waals surface area (Å²) in [5, 5.41) is 8.70. The standard InChI is InChI=1S/C27H46O4/c1-3-5-7-8-9-10-11-12-13-14-15-16-20-24-27(30)31-25(21-6-4-2)22-18-17-19-23-26(28)29/h5,7,9-10,12-13,25H,3-4,6,8,11,14-24H2,1-2H3,(H,28,29)/b7-5-,10-9-,13-12-. The quantitative estimate of drug-likeness (QED) is 0.113. The summed E-state index contributed by atoms with van der Waals surface area (Å²) in [5.74, 6) is -0.818. The molecule has 0 heterocycles. The Morgan fingerprint density at radius 3 is 2.03 bits per heavy atom. The lowest BCUT2D eigenvalue weighted by Crippen LogP contribution is -2.18. The highest BCUT2D eigenvalue weighted by molar-refractivity contribution is 5.69. The summed E-state index contributed by atoms with van der Waals surface area (Å²) in [5.41, 5.74) is 0. The van der Waals surface area contributed by atoms with Crippen LogP contribution in [0.4, 0.5) is 0 Å². The summed E-state index contributed by atoms with van der Waals surface area (Å²) in [6.45, 7) is 4.29. The number of allylic oxidation sites excluding steroid dienone is 6. The first kappa shape index (κ1) is 29.2. The second kappa shape index (κ2) is 22.8. The van der Waals surface area contributed by atoms with Crippen molar-refractivity contribution in [2.75, 3.05) is 0 Å². The number of rotatable bonds is 21. The molecule has 0 rings (SSSR count). The monoisotopic (exact) mass is 434 g/mol. The number of carboxylic acids is 1. The second-order valence-corrected chi connectivity index (χ2v) is 8.14. The van der Waals surface area contributed by atoms with Gasteiger partial charge in [-0.25, -0.2) is 0 Å². The van der Waals surface area contributed by atoms with E-state index < -0.39 is 5.97 Å². The fourth-order valence-electron chi connectivity index (χ4n) is 3.30. The van der Waals surface area contributed by atoms with Crippen LogP contribution >= 0.6 is 0 Å². The van der Waals surface area contributed by atoms with Crippen molar-refractivity contribution in [1.82, 2.24) is 0 Å². The van der Waals surface area contributed by atoms with Gasteiger partial charge in [0.05, 0.1) is 0 Å². The molecule has 0 aliphatic carbocycles. The Balaban J connectivity index is 3.82. The zero-order valence-corrected chi connectivity index (χ0v) is 20.0. The van der Waals surface area contributed by atoms with Crippen LogP contribution in [0.1, 0.15) is 117 Å². The highest BCUT2D eigenvalue weighted by Gasteiger charge is 2.13. The third-order valence-corrected chi connectivity index (χ3v) is 5.13. The topological polar surface area (TPSA) is 63.6 Å². The van der Waals surface area contributed by atoms with E-state index in [0.717, 1.165) is 83.5 Å². The van der Waals surface area contributed by atoms with E-state index in [4.69, 9.17) is 9.84 Å². The lowest BCUT2D eigenvalue weighted by atomic mass is 10.0. The third-order valence-electron chi connectivity index (χ3n) is 5.13. The highest BCUT2D eigenvalue weighted by Crippen LogP contribution is 2.16. The minimum atomic E-state index is -0.739. The number of ether oxygens (including phenoxy) is 1. The summed E-state index contributed by atoms with van der Waals surface area (Å²) in [6, 6.07) is 0. The molecule has 0 saturated carbocycles. The van der Waals surface area contributed by atoms with Gasteiger partial charge < -0.3 is 9.84 Å². The van der Waals surface area contributed by atoms with Crippen LogP contribution in [0.15, 0.2) is 36.5 Å². The number of unbranched alkanes of at least 4 members (excludes halogenated alkanes) is 6. The van der Waals surface area contributed by atoms with Gasteiger partial charge in [0.2, 0.25) is 0 Å². The Labute approximate surface area is 190 Å². The van der Waals surface area contributed by atoms with E-state index in [2.05, 4.69) is 50.3 Å². The van der Waals surface area contributed by atoms with Crippen molar-refractivity contribution in [3.8, 4) is 0 Å². The van der Waals surface area contributed by atoms with Crippen molar-refractivity contribution < 1.29 is 19.4 Å². The molecule has 1 N–H and O–H groups in total. The van der Waals surface area contributed by atoms with Crippen LogP contribution in [0.5, 0.6) is 0 Å². The maximum atomic E-state index is 12.2. The zero-order valence-electron chi connectivity index (χ0n) is 20.0. The summed E-state index contributed by atoms with van der Waals surface area (Å²) in [6.07, 6.45) is 27.6. The number of aliphatic carboxylic acids is 1. The molecular weight excluding hydrogens is 388 g/mol. The van der Waals surface area contributed by atoms with Crippen LogP contribution in [0.2, 0.25) is 0 Å². The molecule has 0 bridgehead atoms. The number of carboxylic acid groups (broad SMARTS) is 1. The van der Waals surface area contributed by atoms with E-state index in [1.54, 1.807) is 0 Å². The van der Waals surface area contributed by atoms with E-state index in [1.807, 2.05) is 0 Å². The largest absolute Gasteiger partial charge is 0.481 e. The van der Waals surface area contributed by atoms with Gasteiger partial charge in [0, 0.05) is 12.8 Å². The van der Waals surface area contributed by atoms with E-state index in [-0.39, 0.29) is 18.5 Å². The molecule has 0 fully saturated rings. The molecule has 178 valence electrons. The second-order valence-electron chi connectivity index (χ2n) is 8.14. The molecule has 4 heteroatoms. The molecule has 0 aromatic carbocycles. The maximum Gasteiger partial charge on any atom is 0.306 e. The Morgan fingerprint density at radius 1 is 0.742 bits per heavy atom. The van der Waals surface area contributed by atoms with Gasteiger partial charge in [0.25, 0.3) is 0 Å². The predicted molar refractivity (Wildman–Crippen MR) is 130 cm³/mol. The average Bonchev–Trinajstić information content (AvgIpc) is 2.74. The van der Waals surface area contributed by atoms with Crippen molar-refractivity contribution in [3.63, 3.8) is 0 Å². The Kier molecular flexibility index (Phi) is 21.5. The van der Waals surface area contributed by atoms with Crippen molar-refractivity contribution in [2.45, 2.75) is 123 Å². The Morgan fingerprint density at radius 2 is 1.35 bits per heavy atom. The Hall–Kier alpha value is -1.84. The van der Waals surface area contributed by atoms with Crippen LogP contribution in [-0.4, -0.2) is 23.1 Å². The summed E-state index contributed by atoms with van der Waals surface area (Å²) in [7, 11) is 0. The van der Waals surface area contributed by atoms with E-state index in [1.165, 1.54) is 0 Å². The molecule has 1 atom stereocenters. The fraction of sp³-hybridized carbons (Fsp3) is 0.704. The molecule has 0 aliphatic rings. The minimum Gasteiger partial charge on any atom is -0.481 e. The summed E-state index contributed by atoms with van der Waals surface area (Å²) < 4.78 is 5.71. The lowest BCUT2D eigenvalue weighted by molar-refractivity contribution is -0.150. The van der Waals surface area contributed by atoms with Crippen molar-refractivity contribution >= 4 is 11.9 Å². The van der Waals surface area contributed by atoms with Gasteiger partial charge >= 0.3 is 11.9 Å². The highest BCUT2D eigenvalue weighted by atomic mass is 16.5. The first-order valence-corrected chi connectivity index (χ1v) is 12.5. The fourth-order valence-corrected chi connectivity index (χ4v) is 3.30. The number of carbonyl (C=O) groups excluding carboxylic acids is 1. The SMILES string of the molecule is CC/C=C\C/C=C\C/C=C\CCCCCC(=O)OC(CCCC)CCCCCC(=O)O. The molecule has 0 radical (unpaired) electrons. The molecule has 31 heavy (non-hydrogen) atoms. The van der Waals surface area contributed by atoms with Gasteiger partial charge in [0.1, 0.15) is 6.10 Å².